The second kappa shape index (κ2) is 11.7. The number of fused-ring (bicyclic) bond motifs is 9. The summed E-state index contributed by atoms with van der Waals surface area (Å²) in [5.74, 6) is 1.80. The molecule has 4 aromatic heterocycles. The highest BCUT2D eigenvalue weighted by Crippen LogP contribution is 2.40. The molecule has 7 aromatic carbocycles. The fraction of sp³-hybridized carbons (Fsp3) is 0.0816. The fourth-order valence-electron chi connectivity index (χ4n) is 8.26. The third-order valence-corrected chi connectivity index (χ3v) is 10.9. The van der Waals surface area contributed by atoms with Crippen LogP contribution in [0.1, 0.15) is 26.3 Å². The van der Waals surface area contributed by atoms with Crippen molar-refractivity contribution in [3.63, 3.8) is 0 Å². The van der Waals surface area contributed by atoms with E-state index in [1.807, 2.05) is 12.1 Å². The normalized spacial score (nSPS) is 12.3. The Balaban J connectivity index is 1.19. The molecule has 0 N–H and O–H groups in total. The van der Waals surface area contributed by atoms with Crippen LogP contribution >= 0.6 is 0 Å². The Kier molecular flexibility index (Phi) is 6.71. The SMILES string of the molecule is CC(C)(C)c1cccc(-c2nc(-c3ccc4c5ccccc5n(-c5cccc6c5oc5ccccc56)c4c3)nc(-n3c4ccccc4c4ccccc43)n2)c1. The van der Waals surface area contributed by atoms with Crippen LogP contribution in [0.25, 0.3) is 100.0 Å². The van der Waals surface area contributed by atoms with E-state index in [0.717, 1.165) is 77.0 Å². The molecule has 6 heteroatoms. The van der Waals surface area contributed by atoms with Gasteiger partial charge in [-0.05, 0) is 53.4 Å². The van der Waals surface area contributed by atoms with E-state index in [-0.39, 0.29) is 5.41 Å². The van der Waals surface area contributed by atoms with Gasteiger partial charge in [-0.3, -0.25) is 4.57 Å². The quantitative estimate of drug-likeness (QED) is 0.182. The minimum absolute atomic E-state index is 0.0390. The molecular formula is C49H35N5O. The van der Waals surface area contributed by atoms with Gasteiger partial charge in [-0.2, -0.15) is 9.97 Å². The molecule has 0 amide bonds. The van der Waals surface area contributed by atoms with E-state index in [0.29, 0.717) is 17.6 Å². The Hall–Kier alpha value is -7.05. The lowest BCUT2D eigenvalue weighted by atomic mass is 9.86. The van der Waals surface area contributed by atoms with Gasteiger partial charge in [0.1, 0.15) is 5.58 Å². The lowest BCUT2D eigenvalue weighted by molar-refractivity contribution is 0.590. The van der Waals surface area contributed by atoms with Crippen molar-refractivity contribution < 1.29 is 4.42 Å². The standard InChI is InChI=1S/C49H35N5O/c1-49(2,3)32-15-12-14-30(28-32)46-50-47(52-48(51-46)54-40-22-9-5-16-33(40)34-17-6-10-23-41(34)54)31-26-27-36-35-18-4-8-21-39(35)53(43(36)29-31)42-24-13-20-38-37-19-7-11-25-44(37)55-45(38)42/h4-29H,1-3H3. The van der Waals surface area contributed by atoms with Gasteiger partial charge in [0.2, 0.25) is 5.95 Å². The maximum Gasteiger partial charge on any atom is 0.238 e. The van der Waals surface area contributed by atoms with E-state index in [1.165, 1.54) is 10.9 Å². The molecule has 0 aliphatic rings. The second-order valence-corrected chi connectivity index (χ2v) is 15.3. The third-order valence-electron chi connectivity index (χ3n) is 10.9. The maximum atomic E-state index is 6.59. The predicted molar refractivity (Wildman–Crippen MR) is 225 cm³/mol. The minimum atomic E-state index is -0.0390. The predicted octanol–water partition coefficient (Wildman–Crippen LogP) is 12.6. The third kappa shape index (κ3) is 4.84. The van der Waals surface area contributed by atoms with Gasteiger partial charge < -0.3 is 8.98 Å². The van der Waals surface area contributed by atoms with Gasteiger partial charge in [0.25, 0.3) is 0 Å². The van der Waals surface area contributed by atoms with Crippen molar-refractivity contribution >= 4 is 65.6 Å². The van der Waals surface area contributed by atoms with E-state index >= 15 is 0 Å². The number of benzene rings is 7. The number of nitrogens with zero attached hydrogens (tertiary/aromatic N) is 5. The van der Waals surface area contributed by atoms with E-state index in [4.69, 9.17) is 19.4 Å². The number of hydrogen-bond acceptors (Lipinski definition) is 4. The summed E-state index contributed by atoms with van der Waals surface area (Å²) in [6.07, 6.45) is 0. The van der Waals surface area contributed by atoms with Crippen LogP contribution in [0.4, 0.5) is 0 Å². The summed E-state index contributed by atoms with van der Waals surface area (Å²) in [6, 6.07) is 55.3. The number of aromatic nitrogens is 5. The van der Waals surface area contributed by atoms with E-state index in [9.17, 15) is 0 Å². The highest BCUT2D eigenvalue weighted by atomic mass is 16.3. The average Bonchev–Trinajstić information content (AvgIpc) is 3.88. The summed E-state index contributed by atoms with van der Waals surface area (Å²) in [5, 5.41) is 6.81. The molecule has 4 heterocycles. The van der Waals surface area contributed by atoms with Crippen molar-refractivity contribution in [3.05, 3.63) is 163 Å². The molecule has 262 valence electrons. The van der Waals surface area contributed by atoms with Crippen LogP contribution in [-0.4, -0.2) is 24.1 Å². The first kappa shape index (κ1) is 31.5. The van der Waals surface area contributed by atoms with Gasteiger partial charge in [0, 0.05) is 43.4 Å². The molecule has 0 unspecified atom stereocenters. The van der Waals surface area contributed by atoms with Crippen molar-refractivity contribution in [3.8, 4) is 34.4 Å². The zero-order valence-electron chi connectivity index (χ0n) is 30.7. The first-order valence-electron chi connectivity index (χ1n) is 18.7. The van der Waals surface area contributed by atoms with Crippen LogP contribution in [0, 0.1) is 0 Å². The highest BCUT2D eigenvalue weighted by molar-refractivity contribution is 6.13. The number of furan rings is 1. The first-order valence-corrected chi connectivity index (χ1v) is 18.7. The van der Waals surface area contributed by atoms with Crippen LogP contribution in [0.3, 0.4) is 0 Å². The first-order chi connectivity index (χ1) is 26.9. The minimum Gasteiger partial charge on any atom is -0.454 e. The smallest absolute Gasteiger partial charge is 0.238 e. The van der Waals surface area contributed by atoms with Gasteiger partial charge in [-0.15, -0.1) is 0 Å². The van der Waals surface area contributed by atoms with Crippen LogP contribution in [-0.2, 0) is 5.41 Å². The summed E-state index contributed by atoms with van der Waals surface area (Å²) in [6.45, 7) is 6.69. The molecule has 0 radical (unpaired) electrons. The molecule has 6 nitrogen and oxygen atoms in total. The van der Waals surface area contributed by atoms with Crippen molar-refractivity contribution in [2.45, 2.75) is 26.2 Å². The Morgan fingerprint density at radius 3 is 1.65 bits per heavy atom. The number of para-hydroxylation sites is 5. The number of hydrogen-bond donors (Lipinski definition) is 0. The molecule has 0 aliphatic heterocycles. The van der Waals surface area contributed by atoms with Gasteiger partial charge in [-0.25, -0.2) is 4.98 Å². The van der Waals surface area contributed by atoms with Crippen molar-refractivity contribution in [2.24, 2.45) is 0 Å². The summed E-state index contributed by atoms with van der Waals surface area (Å²) in [4.78, 5) is 15.8. The van der Waals surface area contributed by atoms with E-state index < -0.39 is 0 Å². The van der Waals surface area contributed by atoms with Gasteiger partial charge >= 0.3 is 0 Å². The molecule has 0 bridgehead atoms. The Labute approximate surface area is 317 Å². The second-order valence-electron chi connectivity index (χ2n) is 15.3. The molecule has 0 saturated heterocycles. The number of rotatable bonds is 4. The van der Waals surface area contributed by atoms with E-state index in [1.54, 1.807) is 0 Å². The largest absolute Gasteiger partial charge is 0.454 e. The van der Waals surface area contributed by atoms with Crippen LogP contribution in [0.5, 0.6) is 0 Å². The average molecular weight is 710 g/mol. The maximum absolute atomic E-state index is 6.59. The molecule has 11 rings (SSSR count). The summed E-state index contributed by atoms with van der Waals surface area (Å²) < 4.78 is 11.1. The van der Waals surface area contributed by atoms with Crippen molar-refractivity contribution in [1.29, 1.82) is 0 Å². The highest BCUT2D eigenvalue weighted by Gasteiger charge is 2.22. The Morgan fingerprint density at radius 2 is 0.982 bits per heavy atom. The summed E-state index contributed by atoms with van der Waals surface area (Å²) in [5.41, 5.74) is 9.97. The molecule has 0 spiro atoms. The molecule has 11 aromatic rings. The van der Waals surface area contributed by atoms with E-state index in [2.05, 4.69) is 175 Å². The molecule has 0 aliphatic carbocycles. The van der Waals surface area contributed by atoms with Crippen LogP contribution < -0.4 is 0 Å². The molecular weight excluding hydrogens is 675 g/mol. The summed E-state index contributed by atoms with van der Waals surface area (Å²) in [7, 11) is 0. The molecule has 55 heavy (non-hydrogen) atoms. The lowest BCUT2D eigenvalue weighted by Crippen LogP contribution is -2.11. The van der Waals surface area contributed by atoms with Crippen molar-refractivity contribution in [2.75, 3.05) is 0 Å². The summed E-state index contributed by atoms with van der Waals surface area (Å²) >= 11 is 0. The van der Waals surface area contributed by atoms with Crippen molar-refractivity contribution in [1.82, 2.24) is 24.1 Å². The van der Waals surface area contributed by atoms with Crippen LogP contribution in [0.2, 0.25) is 0 Å². The molecule has 0 saturated carbocycles. The zero-order chi connectivity index (χ0) is 36.8. The van der Waals surface area contributed by atoms with Gasteiger partial charge in [0.15, 0.2) is 17.2 Å². The van der Waals surface area contributed by atoms with Crippen LogP contribution in [0.15, 0.2) is 162 Å². The Morgan fingerprint density at radius 1 is 0.436 bits per heavy atom. The van der Waals surface area contributed by atoms with Gasteiger partial charge in [0.05, 0.1) is 27.8 Å². The zero-order valence-corrected chi connectivity index (χ0v) is 30.7. The molecule has 0 atom stereocenters. The topological polar surface area (TPSA) is 61.7 Å². The Bertz CT molecular complexity index is 3270. The van der Waals surface area contributed by atoms with Gasteiger partial charge in [-0.1, -0.05) is 136 Å². The fourth-order valence-corrected chi connectivity index (χ4v) is 8.26. The lowest BCUT2D eigenvalue weighted by Gasteiger charge is -2.19. The monoisotopic (exact) mass is 709 g/mol. The molecule has 0 fully saturated rings.